The average molecular weight is 387 g/mol. The van der Waals surface area contributed by atoms with E-state index in [1.807, 2.05) is 89.8 Å². The van der Waals surface area contributed by atoms with Gasteiger partial charge in [0, 0.05) is 18.8 Å². The minimum atomic E-state index is 0.104. The van der Waals surface area contributed by atoms with Crippen LogP contribution in [0.15, 0.2) is 84.9 Å². The van der Waals surface area contributed by atoms with Crippen LogP contribution in [0.3, 0.4) is 0 Å². The predicted molar refractivity (Wildman–Crippen MR) is 114 cm³/mol. The van der Waals surface area contributed by atoms with Gasteiger partial charge in [-0.25, -0.2) is 0 Å². The number of hydrogen-bond acceptors (Lipinski definition) is 3. The first-order chi connectivity index (χ1) is 13.8. The number of rotatable bonds is 8. The maximum Gasteiger partial charge on any atom is 0.233 e. The Morgan fingerprint density at radius 2 is 1.36 bits per heavy atom. The van der Waals surface area contributed by atoms with Crippen LogP contribution in [0.4, 0.5) is 0 Å². The molecule has 0 saturated carbocycles. The Morgan fingerprint density at radius 3 is 1.93 bits per heavy atom. The van der Waals surface area contributed by atoms with Crippen molar-refractivity contribution < 1.29 is 4.79 Å². The van der Waals surface area contributed by atoms with Crippen LogP contribution < -0.4 is 0 Å². The summed E-state index contributed by atoms with van der Waals surface area (Å²) >= 11 is 1.55. The highest BCUT2D eigenvalue weighted by molar-refractivity contribution is 7.99. The number of nitriles is 1. The normalized spacial score (nSPS) is 10.2. The van der Waals surface area contributed by atoms with Gasteiger partial charge in [-0.05, 0) is 22.8 Å². The van der Waals surface area contributed by atoms with E-state index < -0.39 is 0 Å². The topological polar surface area (TPSA) is 44.1 Å². The quantitative estimate of drug-likeness (QED) is 0.546. The van der Waals surface area contributed by atoms with Crippen molar-refractivity contribution in [2.45, 2.75) is 18.8 Å². The van der Waals surface area contributed by atoms with Crippen LogP contribution >= 0.6 is 11.8 Å². The van der Waals surface area contributed by atoms with Crippen molar-refractivity contribution in [2.75, 3.05) is 5.75 Å². The van der Waals surface area contributed by atoms with Crippen LogP contribution in [0.1, 0.15) is 22.3 Å². The summed E-state index contributed by atoms with van der Waals surface area (Å²) in [6.45, 7) is 1.17. The summed E-state index contributed by atoms with van der Waals surface area (Å²) in [5, 5.41) is 9.21. The molecule has 3 rings (SSSR count). The lowest BCUT2D eigenvalue weighted by atomic mass is 10.1. The molecule has 0 aromatic heterocycles. The zero-order valence-corrected chi connectivity index (χ0v) is 16.4. The number of hydrogen-bond donors (Lipinski definition) is 0. The largest absolute Gasteiger partial charge is 0.333 e. The number of nitrogens with zero attached hydrogens (tertiary/aromatic N) is 2. The molecular weight excluding hydrogens is 364 g/mol. The molecule has 3 nitrogen and oxygen atoms in total. The van der Waals surface area contributed by atoms with Crippen molar-refractivity contribution >= 4 is 17.7 Å². The standard InChI is InChI=1S/C24H22N2OS/c25-15-22-13-7-8-14-23(22)18-28-19-24(27)26(16-20-9-3-1-4-10-20)17-21-11-5-2-6-12-21/h1-14H,16-19H2. The first kappa shape index (κ1) is 19.7. The van der Waals surface area contributed by atoms with E-state index in [2.05, 4.69) is 6.07 Å². The van der Waals surface area contributed by atoms with Gasteiger partial charge in [-0.3, -0.25) is 4.79 Å². The number of carbonyl (C=O) groups excluding carboxylic acids is 1. The zero-order valence-electron chi connectivity index (χ0n) is 15.6. The minimum absolute atomic E-state index is 0.104. The first-order valence-electron chi connectivity index (χ1n) is 9.17. The molecule has 0 spiro atoms. The monoisotopic (exact) mass is 386 g/mol. The van der Waals surface area contributed by atoms with E-state index in [0.29, 0.717) is 30.2 Å². The van der Waals surface area contributed by atoms with Gasteiger partial charge in [0.15, 0.2) is 0 Å². The smallest absolute Gasteiger partial charge is 0.233 e. The third kappa shape index (κ3) is 5.73. The minimum Gasteiger partial charge on any atom is -0.333 e. The predicted octanol–water partition coefficient (Wildman–Crippen LogP) is 5.02. The molecule has 3 aromatic rings. The van der Waals surface area contributed by atoms with Gasteiger partial charge in [0.1, 0.15) is 0 Å². The number of benzene rings is 3. The number of carbonyl (C=O) groups is 1. The summed E-state index contributed by atoms with van der Waals surface area (Å²) in [6, 6.07) is 29.9. The molecular formula is C24H22N2OS. The molecule has 0 aliphatic rings. The van der Waals surface area contributed by atoms with Crippen molar-refractivity contribution in [2.24, 2.45) is 0 Å². The molecule has 0 unspecified atom stereocenters. The fourth-order valence-electron chi connectivity index (χ4n) is 2.93. The molecule has 0 bridgehead atoms. The molecule has 0 saturated heterocycles. The van der Waals surface area contributed by atoms with Crippen LogP contribution in [0.25, 0.3) is 0 Å². The van der Waals surface area contributed by atoms with Crippen molar-refractivity contribution in [3.8, 4) is 6.07 Å². The first-order valence-corrected chi connectivity index (χ1v) is 10.3. The van der Waals surface area contributed by atoms with Crippen molar-refractivity contribution in [1.29, 1.82) is 5.26 Å². The van der Waals surface area contributed by atoms with E-state index in [1.165, 1.54) is 0 Å². The molecule has 28 heavy (non-hydrogen) atoms. The Labute approximate surface area is 170 Å². The Kier molecular flexibility index (Phi) is 7.29. The van der Waals surface area contributed by atoms with Gasteiger partial charge >= 0.3 is 0 Å². The third-order valence-corrected chi connectivity index (χ3v) is 5.37. The van der Waals surface area contributed by atoms with E-state index in [0.717, 1.165) is 16.7 Å². The summed E-state index contributed by atoms with van der Waals surface area (Å²) in [7, 11) is 0. The van der Waals surface area contributed by atoms with E-state index in [1.54, 1.807) is 11.8 Å². The maximum atomic E-state index is 12.9. The second kappa shape index (κ2) is 10.3. The van der Waals surface area contributed by atoms with Crippen LogP contribution in [0.2, 0.25) is 0 Å². The molecule has 0 N–H and O–H groups in total. The summed E-state index contributed by atoms with van der Waals surface area (Å²) < 4.78 is 0. The van der Waals surface area contributed by atoms with Gasteiger partial charge in [-0.1, -0.05) is 78.9 Å². The van der Waals surface area contributed by atoms with Crippen molar-refractivity contribution in [3.63, 3.8) is 0 Å². The van der Waals surface area contributed by atoms with Gasteiger partial charge in [-0.15, -0.1) is 11.8 Å². The van der Waals surface area contributed by atoms with E-state index in [4.69, 9.17) is 0 Å². The number of amides is 1. The zero-order chi connectivity index (χ0) is 19.6. The van der Waals surface area contributed by atoms with Crippen LogP contribution in [0, 0.1) is 11.3 Å². The molecule has 0 radical (unpaired) electrons. The molecule has 0 aliphatic carbocycles. The highest BCUT2D eigenvalue weighted by atomic mass is 32.2. The Hall–Kier alpha value is -3.03. The van der Waals surface area contributed by atoms with Gasteiger partial charge in [-0.2, -0.15) is 5.26 Å². The molecule has 0 atom stereocenters. The van der Waals surface area contributed by atoms with Crippen molar-refractivity contribution in [1.82, 2.24) is 4.90 Å². The number of thioether (sulfide) groups is 1. The van der Waals surface area contributed by atoms with Gasteiger partial charge in [0.2, 0.25) is 5.91 Å². The fourth-order valence-corrected chi connectivity index (χ4v) is 3.87. The second-order valence-electron chi connectivity index (χ2n) is 6.48. The molecule has 0 fully saturated rings. The average Bonchev–Trinajstić information content (AvgIpc) is 2.75. The third-order valence-electron chi connectivity index (χ3n) is 4.41. The lowest BCUT2D eigenvalue weighted by Crippen LogP contribution is -2.31. The van der Waals surface area contributed by atoms with Crippen LogP contribution in [-0.4, -0.2) is 16.6 Å². The second-order valence-corrected chi connectivity index (χ2v) is 7.47. The highest BCUT2D eigenvalue weighted by Gasteiger charge is 2.15. The van der Waals surface area contributed by atoms with Crippen molar-refractivity contribution in [3.05, 3.63) is 107 Å². The van der Waals surface area contributed by atoms with E-state index in [-0.39, 0.29) is 5.91 Å². The van der Waals surface area contributed by atoms with E-state index >= 15 is 0 Å². The fraction of sp³-hybridized carbons (Fsp3) is 0.167. The van der Waals surface area contributed by atoms with Gasteiger partial charge in [0.05, 0.1) is 17.4 Å². The lowest BCUT2D eigenvalue weighted by molar-refractivity contribution is -0.129. The molecule has 140 valence electrons. The molecule has 1 amide bonds. The van der Waals surface area contributed by atoms with Gasteiger partial charge in [0.25, 0.3) is 0 Å². The van der Waals surface area contributed by atoms with Crippen LogP contribution in [0.5, 0.6) is 0 Å². The Morgan fingerprint density at radius 1 is 0.821 bits per heavy atom. The Bertz CT molecular complexity index is 894. The van der Waals surface area contributed by atoms with Crippen LogP contribution in [-0.2, 0) is 23.6 Å². The summed E-state index contributed by atoms with van der Waals surface area (Å²) in [4.78, 5) is 14.8. The van der Waals surface area contributed by atoms with E-state index in [9.17, 15) is 10.1 Å². The highest BCUT2D eigenvalue weighted by Crippen LogP contribution is 2.18. The maximum absolute atomic E-state index is 12.9. The molecule has 3 aromatic carbocycles. The molecule has 0 heterocycles. The summed E-state index contributed by atoms with van der Waals surface area (Å²) in [5.74, 6) is 1.14. The summed E-state index contributed by atoms with van der Waals surface area (Å²) in [5.41, 5.74) is 3.88. The molecule has 0 aliphatic heterocycles. The SMILES string of the molecule is N#Cc1ccccc1CSCC(=O)N(Cc1ccccc1)Cc1ccccc1. The Balaban J connectivity index is 1.65. The molecule has 4 heteroatoms. The van der Waals surface area contributed by atoms with Gasteiger partial charge < -0.3 is 4.90 Å². The summed E-state index contributed by atoms with van der Waals surface area (Å²) in [6.07, 6.45) is 0. The lowest BCUT2D eigenvalue weighted by Gasteiger charge is -2.23.